The zero-order chi connectivity index (χ0) is 15.9. The first kappa shape index (κ1) is 15.9. The van der Waals surface area contributed by atoms with Crippen LogP contribution in [0.1, 0.15) is 12.6 Å². The lowest BCUT2D eigenvalue weighted by atomic mass is 10.2. The van der Waals surface area contributed by atoms with Gasteiger partial charge in [0.25, 0.3) is 4.61 Å². The Morgan fingerprint density at radius 3 is 2.82 bits per heavy atom. The third-order valence-corrected chi connectivity index (χ3v) is 5.44. The molecule has 1 aromatic carbocycles. The van der Waals surface area contributed by atoms with Gasteiger partial charge >= 0.3 is 0 Å². The first-order chi connectivity index (χ1) is 10.5. The zero-order valence-electron chi connectivity index (χ0n) is 12.3. The maximum atomic E-state index is 13.3. The minimum atomic E-state index is -0.223. The molecule has 0 atom stereocenters. The van der Waals surface area contributed by atoms with Gasteiger partial charge in [0.1, 0.15) is 23.8 Å². The van der Waals surface area contributed by atoms with E-state index in [2.05, 4.69) is 65.8 Å². The van der Waals surface area contributed by atoms with E-state index in [9.17, 15) is 4.39 Å². The van der Waals surface area contributed by atoms with E-state index in [4.69, 9.17) is 0 Å². The van der Waals surface area contributed by atoms with Gasteiger partial charge < -0.3 is 4.57 Å². The summed E-state index contributed by atoms with van der Waals surface area (Å²) in [5.41, 5.74) is 3.15. The molecule has 3 nitrogen and oxygen atoms in total. The number of nitrogens with zero attached hydrogens (tertiary/aromatic N) is 3. The molecule has 0 saturated heterocycles. The van der Waals surface area contributed by atoms with E-state index in [1.807, 2.05) is 13.1 Å². The van der Waals surface area contributed by atoms with Gasteiger partial charge in [0.15, 0.2) is 6.21 Å². The lowest BCUT2D eigenvalue weighted by molar-refractivity contribution is -0.465. The van der Waals surface area contributed by atoms with Crippen LogP contribution in [0, 0.1) is 16.3 Å². The van der Waals surface area contributed by atoms with Gasteiger partial charge in [-0.1, -0.05) is 0 Å². The molecule has 1 aliphatic rings. The smallest absolute Gasteiger partial charge is 0.259 e. The summed E-state index contributed by atoms with van der Waals surface area (Å²) < 4.78 is 19.6. The summed E-state index contributed by atoms with van der Waals surface area (Å²) in [4.78, 5) is 4.62. The molecule has 1 aliphatic heterocycles. The van der Waals surface area contributed by atoms with Crippen molar-refractivity contribution in [1.82, 2.24) is 9.55 Å². The van der Waals surface area contributed by atoms with Crippen molar-refractivity contribution in [3.8, 4) is 11.4 Å². The van der Waals surface area contributed by atoms with Gasteiger partial charge in [0.05, 0.1) is 12.2 Å². The third kappa shape index (κ3) is 2.90. The average molecular weight is 475 g/mol. The van der Waals surface area contributed by atoms with E-state index in [0.29, 0.717) is 0 Å². The SMILES string of the molecule is CC[N+]1=CC(Cn2cc(C)nc2-c2ccc(F)cc2I)=C1Br. The summed E-state index contributed by atoms with van der Waals surface area (Å²) in [6, 6.07) is 4.81. The van der Waals surface area contributed by atoms with E-state index in [0.717, 1.165) is 38.3 Å². The summed E-state index contributed by atoms with van der Waals surface area (Å²) in [7, 11) is 0. The number of imidazole rings is 1. The normalized spacial score (nSPS) is 14.1. The molecule has 2 heterocycles. The van der Waals surface area contributed by atoms with Gasteiger partial charge in [-0.3, -0.25) is 0 Å². The monoisotopic (exact) mass is 474 g/mol. The van der Waals surface area contributed by atoms with Crippen molar-refractivity contribution in [3.05, 3.63) is 49.7 Å². The maximum Gasteiger partial charge on any atom is 0.259 e. The van der Waals surface area contributed by atoms with Gasteiger partial charge in [-0.15, -0.1) is 0 Å². The Morgan fingerprint density at radius 2 is 2.18 bits per heavy atom. The number of aryl methyl sites for hydroxylation is 1. The highest BCUT2D eigenvalue weighted by atomic mass is 127. The third-order valence-electron chi connectivity index (χ3n) is 3.58. The minimum Gasteiger partial charge on any atom is -0.326 e. The molecule has 114 valence electrons. The lowest BCUT2D eigenvalue weighted by Crippen LogP contribution is -2.24. The van der Waals surface area contributed by atoms with E-state index in [-0.39, 0.29) is 5.82 Å². The Bertz CT molecular complexity index is 808. The fourth-order valence-electron chi connectivity index (χ4n) is 2.49. The quantitative estimate of drug-likeness (QED) is 0.367. The lowest BCUT2D eigenvalue weighted by Gasteiger charge is -2.14. The van der Waals surface area contributed by atoms with Crippen molar-refractivity contribution >= 4 is 44.7 Å². The molecule has 22 heavy (non-hydrogen) atoms. The molecule has 0 radical (unpaired) electrons. The predicted molar refractivity (Wildman–Crippen MR) is 97.9 cm³/mol. The van der Waals surface area contributed by atoms with Crippen LogP contribution in [0.25, 0.3) is 11.4 Å². The summed E-state index contributed by atoms with van der Waals surface area (Å²) in [6.45, 7) is 5.79. The van der Waals surface area contributed by atoms with Crippen LogP contribution in [0.4, 0.5) is 4.39 Å². The molecule has 0 saturated carbocycles. The minimum absolute atomic E-state index is 0.223. The highest BCUT2D eigenvalue weighted by molar-refractivity contribution is 14.1. The van der Waals surface area contributed by atoms with Crippen molar-refractivity contribution < 1.29 is 8.97 Å². The first-order valence-electron chi connectivity index (χ1n) is 6.99. The molecule has 0 fully saturated rings. The standard InChI is InChI=1S/C16H15BrFIN3/c1-3-21-8-11(15(21)17)9-22-7-10(2)20-16(22)13-5-4-12(18)6-14(13)19/h4-8H,3,9H2,1-2H3/q+1. The van der Waals surface area contributed by atoms with Crippen molar-refractivity contribution in [2.45, 2.75) is 20.4 Å². The molecule has 3 rings (SSSR count). The van der Waals surface area contributed by atoms with E-state index in [1.54, 1.807) is 6.07 Å². The Labute approximate surface area is 150 Å². The molecule has 0 unspecified atom stereocenters. The molecule has 1 aromatic heterocycles. The van der Waals surface area contributed by atoms with Crippen LogP contribution in [0.3, 0.4) is 0 Å². The molecular weight excluding hydrogens is 460 g/mol. The second-order valence-corrected chi connectivity index (χ2v) is 7.10. The second-order valence-electron chi connectivity index (χ2n) is 5.19. The zero-order valence-corrected chi connectivity index (χ0v) is 16.0. The van der Waals surface area contributed by atoms with Crippen LogP contribution in [0.2, 0.25) is 0 Å². The Kier molecular flexibility index (Phi) is 4.49. The number of benzene rings is 1. The number of rotatable bonds is 4. The number of hydrogen-bond donors (Lipinski definition) is 0. The van der Waals surface area contributed by atoms with E-state index >= 15 is 0 Å². The molecule has 6 heteroatoms. The van der Waals surface area contributed by atoms with Gasteiger partial charge in [-0.25, -0.2) is 9.37 Å². The van der Waals surface area contributed by atoms with Gasteiger partial charge in [-0.2, -0.15) is 4.58 Å². The Balaban J connectivity index is 1.96. The second kappa shape index (κ2) is 6.23. The summed E-state index contributed by atoms with van der Waals surface area (Å²) in [6.07, 6.45) is 4.17. The average Bonchev–Trinajstić information content (AvgIpc) is 2.83. The van der Waals surface area contributed by atoms with Crippen LogP contribution in [-0.4, -0.2) is 26.9 Å². The fraction of sp³-hybridized carbons (Fsp3) is 0.250. The van der Waals surface area contributed by atoms with Crippen LogP contribution in [-0.2, 0) is 6.54 Å². The van der Waals surface area contributed by atoms with E-state index < -0.39 is 0 Å². The first-order valence-corrected chi connectivity index (χ1v) is 8.86. The van der Waals surface area contributed by atoms with Gasteiger partial charge in [0.2, 0.25) is 0 Å². The van der Waals surface area contributed by atoms with Crippen LogP contribution in [0.5, 0.6) is 0 Å². The van der Waals surface area contributed by atoms with Gasteiger partial charge in [0, 0.05) is 31.3 Å². The number of allylic oxidation sites excluding steroid dienone is 1. The van der Waals surface area contributed by atoms with E-state index in [1.165, 1.54) is 17.7 Å². The van der Waals surface area contributed by atoms with Crippen LogP contribution >= 0.6 is 38.5 Å². The van der Waals surface area contributed by atoms with Crippen molar-refractivity contribution in [2.75, 3.05) is 6.54 Å². The molecule has 2 aromatic rings. The van der Waals surface area contributed by atoms with Crippen molar-refractivity contribution in [2.24, 2.45) is 0 Å². The van der Waals surface area contributed by atoms with Crippen molar-refractivity contribution in [3.63, 3.8) is 0 Å². The molecule has 0 aliphatic carbocycles. The molecule has 0 amide bonds. The summed E-state index contributed by atoms with van der Waals surface area (Å²) in [5.74, 6) is 0.650. The molecule has 0 N–H and O–H groups in total. The number of aromatic nitrogens is 2. The predicted octanol–water partition coefficient (Wildman–Crippen LogP) is 4.33. The maximum absolute atomic E-state index is 13.3. The van der Waals surface area contributed by atoms with Crippen LogP contribution in [0.15, 0.2) is 34.6 Å². The summed E-state index contributed by atoms with van der Waals surface area (Å²) >= 11 is 5.77. The van der Waals surface area contributed by atoms with Crippen molar-refractivity contribution in [1.29, 1.82) is 0 Å². The largest absolute Gasteiger partial charge is 0.326 e. The Hall–Kier alpha value is -1.02. The van der Waals surface area contributed by atoms with Gasteiger partial charge in [-0.05, 0) is 54.6 Å². The molecule has 0 spiro atoms. The highest BCUT2D eigenvalue weighted by Gasteiger charge is 2.26. The topological polar surface area (TPSA) is 20.8 Å². The summed E-state index contributed by atoms with van der Waals surface area (Å²) in [5, 5.41) is 0. The Morgan fingerprint density at radius 1 is 1.41 bits per heavy atom. The highest BCUT2D eigenvalue weighted by Crippen LogP contribution is 2.28. The number of hydrogen-bond acceptors (Lipinski definition) is 1. The molecular formula is C16H15BrFIN3+. The fourth-order valence-corrected chi connectivity index (χ4v) is 3.79. The molecule has 0 bridgehead atoms. The van der Waals surface area contributed by atoms with Crippen LogP contribution < -0.4 is 0 Å². The number of halogens is 3.